The van der Waals surface area contributed by atoms with Gasteiger partial charge >= 0.3 is 0 Å². The summed E-state index contributed by atoms with van der Waals surface area (Å²) in [5.41, 5.74) is 1.90. The van der Waals surface area contributed by atoms with Crippen LogP contribution in [0, 0.1) is 0 Å². The molecule has 1 N–H and O–H groups in total. The number of nitrogens with one attached hydrogen (secondary N) is 1. The monoisotopic (exact) mass is 305 g/mol. The molecule has 0 radical (unpaired) electrons. The van der Waals surface area contributed by atoms with Crippen molar-refractivity contribution in [2.75, 3.05) is 13.7 Å². The van der Waals surface area contributed by atoms with Crippen LogP contribution in [0.3, 0.4) is 0 Å². The third kappa shape index (κ3) is 4.16. The molecule has 0 fully saturated rings. The van der Waals surface area contributed by atoms with E-state index in [1.165, 1.54) is 0 Å². The third-order valence-corrected chi connectivity index (χ3v) is 3.61. The second-order valence-electron chi connectivity index (χ2n) is 4.75. The van der Waals surface area contributed by atoms with Gasteiger partial charge < -0.3 is 10.1 Å². The molecule has 0 spiro atoms. The molecule has 4 nitrogen and oxygen atoms in total. The van der Waals surface area contributed by atoms with Gasteiger partial charge in [0.15, 0.2) is 0 Å². The highest BCUT2D eigenvalue weighted by atomic mass is 35.5. The number of rotatable bonds is 7. The summed E-state index contributed by atoms with van der Waals surface area (Å²) in [6.45, 7) is 3.03. The quantitative estimate of drug-likeness (QED) is 0.851. The Morgan fingerprint density at radius 1 is 1.24 bits per heavy atom. The Bertz CT molecular complexity index is 577. The van der Waals surface area contributed by atoms with E-state index >= 15 is 0 Å². The van der Waals surface area contributed by atoms with E-state index in [4.69, 9.17) is 16.3 Å². The molecular formula is C16H20ClN3O. The minimum absolute atomic E-state index is 0.0218. The Morgan fingerprint density at radius 3 is 2.71 bits per heavy atom. The fraction of sp³-hybridized carbons (Fsp3) is 0.375. The van der Waals surface area contributed by atoms with Crippen LogP contribution in [-0.4, -0.2) is 23.6 Å². The number of hydrogen-bond acceptors (Lipinski definition) is 4. The standard InChI is InChI=1S/C16H20ClN3O/c1-3-8-18-14(11-12-6-4-5-7-13(12)17)15-16(21-2)20-10-9-19-15/h4-7,9-10,14,18H,3,8,11H2,1-2H3. The zero-order chi connectivity index (χ0) is 15.1. The molecule has 0 saturated carbocycles. The average molecular weight is 306 g/mol. The van der Waals surface area contributed by atoms with Gasteiger partial charge in [-0.05, 0) is 31.0 Å². The first-order valence-corrected chi connectivity index (χ1v) is 7.45. The lowest BCUT2D eigenvalue weighted by Gasteiger charge is -2.20. The SMILES string of the molecule is CCCNC(Cc1ccccc1Cl)c1nccnc1OC. The minimum Gasteiger partial charge on any atom is -0.480 e. The molecule has 1 unspecified atom stereocenters. The van der Waals surface area contributed by atoms with Crippen LogP contribution >= 0.6 is 11.6 Å². The second kappa shape index (κ2) is 7.96. The van der Waals surface area contributed by atoms with Gasteiger partial charge in [-0.15, -0.1) is 0 Å². The lowest BCUT2D eigenvalue weighted by atomic mass is 10.0. The largest absolute Gasteiger partial charge is 0.480 e. The van der Waals surface area contributed by atoms with E-state index in [1.807, 2.05) is 24.3 Å². The fourth-order valence-electron chi connectivity index (χ4n) is 2.20. The Balaban J connectivity index is 2.28. The minimum atomic E-state index is 0.0218. The highest BCUT2D eigenvalue weighted by Gasteiger charge is 2.19. The Morgan fingerprint density at radius 2 is 2.00 bits per heavy atom. The highest BCUT2D eigenvalue weighted by molar-refractivity contribution is 6.31. The number of nitrogens with zero attached hydrogens (tertiary/aromatic N) is 2. The summed E-state index contributed by atoms with van der Waals surface area (Å²) in [6.07, 6.45) is 5.11. The normalized spacial score (nSPS) is 12.1. The molecule has 1 aromatic heterocycles. The van der Waals surface area contributed by atoms with Crippen LogP contribution < -0.4 is 10.1 Å². The van der Waals surface area contributed by atoms with Crippen molar-refractivity contribution < 1.29 is 4.74 Å². The summed E-state index contributed by atoms with van der Waals surface area (Å²) < 4.78 is 5.33. The van der Waals surface area contributed by atoms with Gasteiger partial charge in [0.05, 0.1) is 13.2 Å². The first-order valence-electron chi connectivity index (χ1n) is 7.08. The van der Waals surface area contributed by atoms with E-state index in [9.17, 15) is 0 Å². The van der Waals surface area contributed by atoms with Crippen molar-refractivity contribution in [3.63, 3.8) is 0 Å². The smallest absolute Gasteiger partial charge is 0.237 e. The maximum atomic E-state index is 6.27. The number of benzene rings is 1. The van der Waals surface area contributed by atoms with Crippen molar-refractivity contribution >= 4 is 11.6 Å². The molecule has 2 rings (SSSR count). The van der Waals surface area contributed by atoms with E-state index < -0.39 is 0 Å². The Kier molecular flexibility index (Phi) is 5.96. The van der Waals surface area contributed by atoms with Gasteiger partial charge in [-0.2, -0.15) is 0 Å². The van der Waals surface area contributed by atoms with Crippen LogP contribution in [0.5, 0.6) is 5.88 Å². The molecular weight excluding hydrogens is 286 g/mol. The molecule has 0 aliphatic rings. The summed E-state index contributed by atoms with van der Waals surface area (Å²) >= 11 is 6.27. The molecule has 0 aliphatic carbocycles. The van der Waals surface area contributed by atoms with E-state index in [0.29, 0.717) is 5.88 Å². The predicted octanol–water partition coefficient (Wildman–Crippen LogP) is 3.42. The fourth-order valence-corrected chi connectivity index (χ4v) is 2.41. The van der Waals surface area contributed by atoms with Crippen LogP contribution in [-0.2, 0) is 6.42 Å². The van der Waals surface area contributed by atoms with E-state index in [1.54, 1.807) is 19.5 Å². The van der Waals surface area contributed by atoms with Crippen LogP contribution in [0.1, 0.15) is 30.6 Å². The molecule has 0 saturated heterocycles. The highest BCUT2D eigenvalue weighted by Crippen LogP contribution is 2.26. The van der Waals surface area contributed by atoms with E-state index in [2.05, 4.69) is 22.2 Å². The molecule has 0 bridgehead atoms. The first-order chi connectivity index (χ1) is 10.3. The van der Waals surface area contributed by atoms with Crippen molar-refractivity contribution in [1.82, 2.24) is 15.3 Å². The molecule has 1 aromatic carbocycles. The number of methoxy groups -OCH3 is 1. The van der Waals surface area contributed by atoms with Crippen LogP contribution in [0.15, 0.2) is 36.7 Å². The summed E-state index contributed by atoms with van der Waals surface area (Å²) in [5, 5.41) is 4.26. The molecule has 1 heterocycles. The number of aromatic nitrogens is 2. The zero-order valence-corrected chi connectivity index (χ0v) is 13.1. The van der Waals surface area contributed by atoms with Gasteiger partial charge in [-0.1, -0.05) is 36.7 Å². The van der Waals surface area contributed by atoms with Crippen LogP contribution in [0.2, 0.25) is 5.02 Å². The summed E-state index contributed by atoms with van der Waals surface area (Å²) in [4.78, 5) is 8.67. The molecule has 2 aromatic rings. The van der Waals surface area contributed by atoms with E-state index in [0.717, 1.165) is 35.7 Å². The van der Waals surface area contributed by atoms with Gasteiger partial charge in [-0.25, -0.2) is 4.98 Å². The zero-order valence-electron chi connectivity index (χ0n) is 12.3. The maximum Gasteiger partial charge on any atom is 0.237 e. The lowest BCUT2D eigenvalue weighted by molar-refractivity contribution is 0.376. The summed E-state index contributed by atoms with van der Waals surface area (Å²) in [7, 11) is 1.61. The molecule has 5 heteroatoms. The van der Waals surface area contributed by atoms with Crippen molar-refractivity contribution in [2.24, 2.45) is 0 Å². The van der Waals surface area contributed by atoms with Gasteiger partial charge in [0.1, 0.15) is 5.69 Å². The maximum absolute atomic E-state index is 6.27. The van der Waals surface area contributed by atoms with Crippen molar-refractivity contribution in [1.29, 1.82) is 0 Å². The topological polar surface area (TPSA) is 47.0 Å². The molecule has 112 valence electrons. The van der Waals surface area contributed by atoms with Crippen molar-refractivity contribution in [3.8, 4) is 5.88 Å². The van der Waals surface area contributed by atoms with Gasteiger partial charge in [-0.3, -0.25) is 4.98 Å². The Labute approximate surface area is 130 Å². The summed E-state index contributed by atoms with van der Waals surface area (Å²) in [5.74, 6) is 0.554. The van der Waals surface area contributed by atoms with Gasteiger partial charge in [0, 0.05) is 17.4 Å². The second-order valence-corrected chi connectivity index (χ2v) is 5.16. The number of hydrogen-bond donors (Lipinski definition) is 1. The first kappa shape index (κ1) is 15.7. The predicted molar refractivity (Wildman–Crippen MR) is 84.8 cm³/mol. The summed E-state index contributed by atoms with van der Waals surface area (Å²) in [6, 6.07) is 7.89. The molecule has 0 amide bonds. The molecule has 21 heavy (non-hydrogen) atoms. The molecule has 0 aliphatic heterocycles. The van der Waals surface area contributed by atoms with Crippen molar-refractivity contribution in [3.05, 3.63) is 52.9 Å². The average Bonchev–Trinajstić information content (AvgIpc) is 2.53. The lowest BCUT2D eigenvalue weighted by Crippen LogP contribution is -2.26. The molecule has 1 atom stereocenters. The Hall–Kier alpha value is -1.65. The number of ether oxygens (including phenoxy) is 1. The van der Waals surface area contributed by atoms with Gasteiger partial charge in [0.25, 0.3) is 0 Å². The van der Waals surface area contributed by atoms with E-state index in [-0.39, 0.29) is 6.04 Å². The number of halogens is 1. The van der Waals surface area contributed by atoms with Crippen LogP contribution in [0.25, 0.3) is 0 Å². The van der Waals surface area contributed by atoms with Crippen LogP contribution in [0.4, 0.5) is 0 Å². The third-order valence-electron chi connectivity index (χ3n) is 3.24. The van der Waals surface area contributed by atoms with Gasteiger partial charge in [0.2, 0.25) is 5.88 Å². The van der Waals surface area contributed by atoms with Crippen molar-refractivity contribution in [2.45, 2.75) is 25.8 Å².